The number of morpholine rings is 1. The van der Waals surface area contributed by atoms with Gasteiger partial charge in [0.1, 0.15) is 0 Å². The Morgan fingerprint density at radius 1 is 1.24 bits per heavy atom. The molecule has 1 aliphatic heterocycles. The van der Waals surface area contributed by atoms with Gasteiger partial charge in [-0.2, -0.15) is 0 Å². The third-order valence-electron chi connectivity index (χ3n) is 5.26. The first-order valence-electron chi connectivity index (χ1n) is 10.2. The Morgan fingerprint density at radius 2 is 1.93 bits per heavy atom. The maximum atomic E-state index is 12.6. The van der Waals surface area contributed by atoms with Crippen molar-refractivity contribution in [1.29, 1.82) is 0 Å². The molecule has 156 valence electrons. The normalized spacial score (nSPS) is 15.4. The van der Waals surface area contributed by atoms with Crippen molar-refractivity contribution in [3.05, 3.63) is 57.5 Å². The van der Waals surface area contributed by atoms with Gasteiger partial charge >= 0.3 is 0 Å². The molecule has 0 bridgehead atoms. The van der Waals surface area contributed by atoms with E-state index in [4.69, 9.17) is 4.74 Å². The molecule has 2 aromatic rings. The Kier molecular flexibility index (Phi) is 7.04. The van der Waals surface area contributed by atoms with Crippen molar-refractivity contribution in [1.82, 2.24) is 15.3 Å². The molecule has 0 saturated carbocycles. The number of nitrogens with zero attached hydrogens (tertiary/aromatic N) is 2. The van der Waals surface area contributed by atoms with Crippen LogP contribution in [-0.2, 0) is 16.0 Å². The molecule has 0 radical (unpaired) electrons. The second kappa shape index (κ2) is 9.69. The van der Waals surface area contributed by atoms with Crippen LogP contribution >= 0.6 is 0 Å². The van der Waals surface area contributed by atoms with Gasteiger partial charge in [0, 0.05) is 30.8 Å². The van der Waals surface area contributed by atoms with E-state index >= 15 is 0 Å². The zero-order chi connectivity index (χ0) is 20.8. The number of nitrogens with one attached hydrogen (secondary N) is 2. The first-order valence-corrected chi connectivity index (χ1v) is 10.2. The molecule has 1 aromatic heterocycles. The number of carbonyl (C=O) groups excluding carboxylic acids is 1. The van der Waals surface area contributed by atoms with Crippen LogP contribution in [0.3, 0.4) is 0 Å². The zero-order valence-corrected chi connectivity index (χ0v) is 17.4. The second-order valence-corrected chi connectivity index (χ2v) is 7.75. The fraction of sp³-hybridized carbons (Fsp3) is 0.500. The van der Waals surface area contributed by atoms with Crippen LogP contribution in [0, 0.1) is 12.8 Å². The Bertz CT molecular complexity index is 873. The van der Waals surface area contributed by atoms with Crippen LogP contribution < -0.4 is 15.8 Å². The molecule has 7 heteroatoms. The summed E-state index contributed by atoms with van der Waals surface area (Å²) >= 11 is 0. The molecule has 1 atom stereocenters. The predicted octanol–water partition coefficient (Wildman–Crippen LogP) is 2.36. The van der Waals surface area contributed by atoms with Crippen molar-refractivity contribution in [3.8, 4) is 0 Å². The summed E-state index contributed by atoms with van der Waals surface area (Å²) in [6.45, 7) is 8.67. The molecule has 29 heavy (non-hydrogen) atoms. The van der Waals surface area contributed by atoms with Gasteiger partial charge in [-0.1, -0.05) is 44.2 Å². The van der Waals surface area contributed by atoms with E-state index in [9.17, 15) is 9.59 Å². The first-order chi connectivity index (χ1) is 14.0. The monoisotopic (exact) mass is 398 g/mol. The standard InChI is InChI=1S/C22H30N4O3/c1-15(2)20(17-7-5-4-6-8-17)24-19(27)10-9-18-16(3)23-22(25-21(18)28)26-11-13-29-14-12-26/h4-8,15,20H,9-14H2,1-3H3,(H,24,27)(H,23,25,28). The highest BCUT2D eigenvalue weighted by molar-refractivity contribution is 5.76. The molecule has 1 aromatic carbocycles. The average Bonchev–Trinajstić information content (AvgIpc) is 2.72. The molecule has 1 amide bonds. The van der Waals surface area contributed by atoms with E-state index in [2.05, 4.69) is 29.1 Å². The molecule has 0 aliphatic carbocycles. The summed E-state index contributed by atoms with van der Waals surface area (Å²) in [5.74, 6) is 0.775. The summed E-state index contributed by atoms with van der Waals surface area (Å²) in [4.78, 5) is 34.6. The number of ether oxygens (including phenoxy) is 1. The molecule has 1 saturated heterocycles. The molecule has 3 rings (SSSR count). The van der Waals surface area contributed by atoms with Gasteiger partial charge in [-0.3, -0.25) is 14.6 Å². The van der Waals surface area contributed by atoms with Crippen LogP contribution in [0.4, 0.5) is 5.95 Å². The van der Waals surface area contributed by atoms with Crippen LogP contribution in [0.25, 0.3) is 0 Å². The van der Waals surface area contributed by atoms with Crippen molar-refractivity contribution in [2.24, 2.45) is 5.92 Å². The number of H-pyrrole nitrogens is 1. The summed E-state index contributed by atoms with van der Waals surface area (Å²) < 4.78 is 5.34. The third-order valence-corrected chi connectivity index (χ3v) is 5.26. The summed E-state index contributed by atoms with van der Waals surface area (Å²) in [5.41, 5.74) is 2.15. The molecule has 7 nitrogen and oxygen atoms in total. The SMILES string of the molecule is Cc1nc(N2CCOCC2)[nH]c(=O)c1CCC(=O)NC(c1ccccc1)C(C)C. The van der Waals surface area contributed by atoms with E-state index in [1.54, 1.807) is 0 Å². The number of hydrogen-bond donors (Lipinski definition) is 2. The van der Waals surface area contributed by atoms with Crippen LogP contribution in [-0.4, -0.2) is 42.2 Å². The van der Waals surface area contributed by atoms with Gasteiger partial charge in [0.15, 0.2) is 0 Å². The summed E-state index contributed by atoms with van der Waals surface area (Å²) in [6.07, 6.45) is 0.613. The van der Waals surface area contributed by atoms with Crippen LogP contribution in [0.15, 0.2) is 35.1 Å². The molecular formula is C22H30N4O3. The highest BCUT2D eigenvalue weighted by Crippen LogP contribution is 2.21. The molecule has 1 fully saturated rings. The van der Waals surface area contributed by atoms with Crippen molar-refractivity contribution in [3.63, 3.8) is 0 Å². The quantitative estimate of drug-likeness (QED) is 0.748. The molecule has 1 unspecified atom stereocenters. The fourth-order valence-electron chi connectivity index (χ4n) is 3.59. The summed E-state index contributed by atoms with van der Waals surface area (Å²) in [6, 6.07) is 9.90. The highest BCUT2D eigenvalue weighted by Gasteiger charge is 2.20. The lowest BCUT2D eigenvalue weighted by molar-refractivity contribution is -0.122. The lowest BCUT2D eigenvalue weighted by atomic mass is 9.96. The lowest BCUT2D eigenvalue weighted by Crippen LogP contribution is -2.38. The summed E-state index contributed by atoms with van der Waals surface area (Å²) in [7, 11) is 0. The van der Waals surface area contributed by atoms with Gasteiger partial charge in [-0.05, 0) is 24.8 Å². The van der Waals surface area contributed by atoms with Crippen molar-refractivity contribution >= 4 is 11.9 Å². The average molecular weight is 399 g/mol. The maximum Gasteiger partial charge on any atom is 0.255 e. The lowest BCUT2D eigenvalue weighted by Gasteiger charge is -2.27. The van der Waals surface area contributed by atoms with E-state index in [0.717, 1.165) is 5.56 Å². The number of anilines is 1. The molecule has 2 N–H and O–H groups in total. The largest absolute Gasteiger partial charge is 0.378 e. The number of aromatic nitrogens is 2. The second-order valence-electron chi connectivity index (χ2n) is 7.75. The maximum absolute atomic E-state index is 12.6. The Morgan fingerprint density at radius 3 is 2.55 bits per heavy atom. The number of carbonyl (C=O) groups is 1. The predicted molar refractivity (Wildman–Crippen MR) is 113 cm³/mol. The van der Waals surface area contributed by atoms with E-state index in [-0.39, 0.29) is 29.8 Å². The molecule has 2 heterocycles. The van der Waals surface area contributed by atoms with Crippen molar-refractivity contribution in [2.75, 3.05) is 31.2 Å². The van der Waals surface area contributed by atoms with E-state index < -0.39 is 0 Å². The first kappa shape index (κ1) is 21.0. The fourth-order valence-corrected chi connectivity index (χ4v) is 3.59. The van der Waals surface area contributed by atoms with Crippen LogP contribution in [0.1, 0.15) is 43.1 Å². The van der Waals surface area contributed by atoms with Crippen molar-refractivity contribution in [2.45, 2.75) is 39.7 Å². The minimum absolute atomic E-state index is 0.0510. The molecule has 1 aliphatic rings. The number of amides is 1. The number of hydrogen-bond acceptors (Lipinski definition) is 5. The Hall–Kier alpha value is -2.67. The molecular weight excluding hydrogens is 368 g/mol. The smallest absolute Gasteiger partial charge is 0.255 e. The van der Waals surface area contributed by atoms with E-state index in [1.807, 2.05) is 42.2 Å². The highest BCUT2D eigenvalue weighted by atomic mass is 16.5. The van der Waals surface area contributed by atoms with Gasteiger partial charge in [0.25, 0.3) is 5.56 Å². The van der Waals surface area contributed by atoms with Gasteiger partial charge in [-0.15, -0.1) is 0 Å². The number of aryl methyl sites for hydroxylation is 1. The topological polar surface area (TPSA) is 87.3 Å². The third kappa shape index (κ3) is 5.44. The number of rotatable bonds is 7. The molecule has 0 spiro atoms. The van der Waals surface area contributed by atoms with Gasteiger partial charge < -0.3 is 15.0 Å². The Balaban J connectivity index is 1.64. The van der Waals surface area contributed by atoms with Crippen molar-refractivity contribution < 1.29 is 9.53 Å². The van der Waals surface area contributed by atoms with Gasteiger partial charge in [0.05, 0.1) is 19.3 Å². The number of aromatic amines is 1. The minimum Gasteiger partial charge on any atom is -0.378 e. The minimum atomic E-state index is -0.171. The van der Waals surface area contributed by atoms with Crippen LogP contribution in [0.5, 0.6) is 0 Å². The van der Waals surface area contributed by atoms with E-state index in [0.29, 0.717) is 49.9 Å². The zero-order valence-electron chi connectivity index (χ0n) is 17.4. The van der Waals surface area contributed by atoms with Gasteiger partial charge in [-0.25, -0.2) is 4.98 Å². The van der Waals surface area contributed by atoms with Crippen LogP contribution in [0.2, 0.25) is 0 Å². The van der Waals surface area contributed by atoms with Gasteiger partial charge in [0.2, 0.25) is 11.9 Å². The number of benzene rings is 1. The summed E-state index contributed by atoms with van der Waals surface area (Å²) in [5, 5.41) is 3.11. The van der Waals surface area contributed by atoms with E-state index in [1.165, 1.54) is 0 Å². The Labute approximate surface area is 171 Å².